The molecule has 2 nitrogen and oxygen atoms in total. The monoisotopic (exact) mass is 165 g/mol. The Hall–Kier alpha value is 0.400. The summed E-state index contributed by atoms with van der Waals surface area (Å²) < 4.78 is 0. The van der Waals surface area contributed by atoms with Gasteiger partial charge in [0.1, 0.15) is 0 Å². The van der Waals surface area contributed by atoms with Crippen molar-refractivity contribution in [1.29, 1.82) is 0 Å². The van der Waals surface area contributed by atoms with Crippen LogP contribution < -0.4 is 5.32 Å². The SMILES string of the molecule is OC1CNCC1Br. The van der Waals surface area contributed by atoms with Crippen molar-refractivity contribution in [2.24, 2.45) is 0 Å². The van der Waals surface area contributed by atoms with Crippen molar-refractivity contribution in [3.05, 3.63) is 0 Å². The van der Waals surface area contributed by atoms with Gasteiger partial charge in [0, 0.05) is 13.1 Å². The predicted octanol–water partition coefficient (Wildman–Crippen LogP) is -0.286. The van der Waals surface area contributed by atoms with E-state index in [1.165, 1.54) is 0 Å². The molecule has 42 valence electrons. The molecule has 2 atom stereocenters. The van der Waals surface area contributed by atoms with Crippen LogP contribution in [0.3, 0.4) is 0 Å². The summed E-state index contributed by atoms with van der Waals surface area (Å²) in [6.07, 6.45) is -0.181. The van der Waals surface area contributed by atoms with E-state index in [1.54, 1.807) is 0 Å². The Morgan fingerprint density at radius 3 is 2.43 bits per heavy atom. The number of hydrogen-bond donors (Lipinski definition) is 2. The van der Waals surface area contributed by atoms with Crippen molar-refractivity contribution in [2.45, 2.75) is 10.9 Å². The molecule has 0 aliphatic carbocycles. The molecule has 1 aliphatic heterocycles. The Balaban J connectivity index is 2.33. The molecule has 2 N–H and O–H groups in total. The number of alkyl halides is 1. The topological polar surface area (TPSA) is 32.3 Å². The Morgan fingerprint density at radius 1 is 1.57 bits per heavy atom. The summed E-state index contributed by atoms with van der Waals surface area (Å²) in [5.74, 6) is 0. The Bertz CT molecular complexity index is 60.7. The molecule has 1 aliphatic rings. The maximum Gasteiger partial charge on any atom is 0.0801 e. The lowest BCUT2D eigenvalue weighted by atomic mass is 10.3. The van der Waals surface area contributed by atoms with Gasteiger partial charge in [0.15, 0.2) is 0 Å². The predicted molar refractivity (Wildman–Crippen MR) is 31.6 cm³/mol. The largest absolute Gasteiger partial charge is 0.391 e. The molecule has 3 heteroatoms. The Labute approximate surface area is 51.0 Å². The maximum absolute atomic E-state index is 8.89. The van der Waals surface area contributed by atoms with Gasteiger partial charge in [-0.15, -0.1) is 0 Å². The van der Waals surface area contributed by atoms with Gasteiger partial charge in [0.25, 0.3) is 0 Å². The minimum absolute atomic E-state index is 0.181. The van der Waals surface area contributed by atoms with Crippen molar-refractivity contribution < 1.29 is 5.11 Å². The van der Waals surface area contributed by atoms with Crippen LogP contribution in [0, 0.1) is 0 Å². The Morgan fingerprint density at radius 2 is 2.29 bits per heavy atom. The molecule has 0 spiro atoms. The smallest absolute Gasteiger partial charge is 0.0801 e. The normalized spacial score (nSPS) is 42.0. The average Bonchev–Trinajstić information content (AvgIpc) is 1.91. The van der Waals surface area contributed by atoms with Gasteiger partial charge in [0.2, 0.25) is 0 Å². The van der Waals surface area contributed by atoms with E-state index in [4.69, 9.17) is 5.11 Å². The van der Waals surface area contributed by atoms with Gasteiger partial charge < -0.3 is 10.4 Å². The first-order chi connectivity index (χ1) is 3.30. The molecule has 0 aromatic heterocycles. The number of nitrogens with one attached hydrogen (secondary N) is 1. The van der Waals surface area contributed by atoms with E-state index in [2.05, 4.69) is 21.2 Å². The third-order valence-corrected chi connectivity index (χ3v) is 2.04. The number of aliphatic hydroxyl groups excluding tert-OH is 1. The summed E-state index contributed by atoms with van der Waals surface area (Å²) in [4.78, 5) is 0.271. The van der Waals surface area contributed by atoms with Crippen LogP contribution in [0.1, 0.15) is 0 Å². The summed E-state index contributed by atoms with van der Waals surface area (Å²) in [6.45, 7) is 1.62. The minimum atomic E-state index is -0.181. The molecule has 0 bridgehead atoms. The highest BCUT2D eigenvalue weighted by molar-refractivity contribution is 9.09. The van der Waals surface area contributed by atoms with Crippen LogP contribution in [0.5, 0.6) is 0 Å². The quantitative estimate of drug-likeness (QED) is 0.485. The molecule has 1 fully saturated rings. The average molecular weight is 166 g/mol. The molecule has 7 heavy (non-hydrogen) atoms. The lowest BCUT2D eigenvalue weighted by Gasteiger charge is -2.00. The highest BCUT2D eigenvalue weighted by atomic mass is 79.9. The fourth-order valence-electron chi connectivity index (χ4n) is 0.633. The number of β-amino-alcohol motifs (C(OH)–C–C–N with tert-alkyl or cyclic N) is 1. The fraction of sp³-hybridized carbons (Fsp3) is 1.00. The molecule has 0 amide bonds. The van der Waals surface area contributed by atoms with E-state index in [-0.39, 0.29) is 10.9 Å². The second-order valence-electron chi connectivity index (χ2n) is 1.74. The summed E-state index contributed by atoms with van der Waals surface area (Å²) >= 11 is 3.29. The molecular formula is C4H8BrNO. The summed E-state index contributed by atoms with van der Waals surface area (Å²) in [6, 6.07) is 0. The first kappa shape index (κ1) is 5.54. The molecule has 2 unspecified atom stereocenters. The lowest BCUT2D eigenvalue weighted by Crippen LogP contribution is -2.16. The van der Waals surface area contributed by atoms with Gasteiger partial charge in [-0.25, -0.2) is 0 Å². The molecular weight excluding hydrogens is 158 g/mol. The van der Waals surface area contributed by atoms with Crippen LogP contribution in [-0.2, 0) is 0 Å². The summed E-state index contributed by atoms with van der Waals surface area (Å²) in [5, 5.41) is 11.9. The highest BCUT2D eigenvalue weighted by Gasteiger charge is 2.20. The van der Waals surface area contributed by atoms with Crippen LogP contribution in [0.15, 0.2) is 0 Å². The van der Waals surface area contributed by atoms with E-state index in [0.717, 1.165) is 13.1 Å². The minimum Gasteiger partial charge on any atom is -0.391 e. The van der Waals surface area contributed by atoms with Gasteiger partial charge in [-0.1, -0.05) is 15.9 Å². The first-order valence-corrected chi connectivity index (χ1v) is 3.25. The molecule has 1 saturated heterocycles. The molecule has 0 aromatic carbocycles. The van der Waals surface area contributed by atoms with Crippen LogP contribution in [0.25, 0.3) is 0 Å². The van der Waals surface area contributed by atoms with E-state index in [0.29, 0.717) is 0 Å². The second kappa shape index (κ2) is 2.11. The van der Waals surface area contributed by atoms with Crippen molar-refractivity contribution in [1.82, 2.24) is 5.32 Å². The number of hydrogen-bond acceptors (Lipinski definition) is 2. The number of rotatable bonds is 0. The van der Waals surface area contributed by atoms with Gasteiger partial charge in [0.05, 0.1) is 10.9 Å². The van der Waals surface area contributed by atoms with Gasteiger partial charge in [-0.05, 0) is 0 Å². The third kappa shape index (κ3) is 1.15. The highest BCUT2D eigenvalue weighted by Crippen LogP contribution is 2.08. The zero-order valence-corrected chi connectivity index (χ0v) is 5.48. The summed E-state index contributed by atoms with van der Waals surface area (Å²) in [5.41, 5.74) is 0. The van der Waals surface area contributed by atoms with Gasteiger partial charge >= 0.3 is 0 Å². The van der Waals surface area contributed by atoms with E-state index in [1.807, 2.05) is 0 Å². The van der Waals surface area contributed by atoms with Gasteiger partial charge in [-0.2, -0.15) is 0 Å². The molecule has 1 rings (SSSR count). The first-order valence-electron chi connectivity index (χ1n) is 2.33. The number of halogens is 1. The number of aliphatic hydroxyl groups is 1. The van der Waals surface area contributed by atoms with Crippen molar-refractivity contribution in [3.8, 4) is 0 Å². The Kier molecular flexibility index (Phi) is 1.67. The molecule has 0 saturated carbocycles. The van der Waals surface area contributed by atoms with E-state index in [9.17, 15) is 0 Å². The maximum atomic E-state index is 8.89. The van der Waals surface area contributed by atoms with E-state index >= 15 is 0 Å². The van der Waals surface area contributed by atoms with Crippen molar-refractivity contribution >= 4 is 15.9 Å². The molecule has 0 radical (unpaired) electrons. The van der Waals surface area contributed by atoms with E-state index < -0.39 is 0 Å². The molecule has 1 heterocycles. The van der Waals surface area contributed by atoms with Crippen LogP contribution in [0.2, 0.25) is 0 Å². The van der Waals surface area contributed by atoms with Crippen molar-refractivity contribution in [3.63, 3.8) is 0 Å². The fourth-order valence-corrected chi connectivity index (χ4v) is 1.05. The van der Waals surface area contributed by atoms with Crippen LogP contribution in [0.4, 0.5) is 0 Å². The second-order valence-corrected chi connectivity index (χ2v) is 2.92. The van der Waals surface area contributed by atoms with Gasteiger partial charge in [-0.3, -0.25) is 0 Å². The van der Waals surface area contributed by atoms with Crippen LogP contribution in [-0.4, -0.2) is 29.1 Å². The zero-order chi connectivity index (χ0) is 5.28. The lowest BCUT2D eigenvalue weighted by molar-refractivity contribution is 0.202. The van der Waals surface area contributed by atoms with Crippen LogP contribution >= 0.6 is 15.9 Å². The summed E-state index contributed by atoms with van der Waals surface area (Å²) in [7, 11) is 0. The van der Waals surface area contributed by atoms with Crippen molar-refractivity contribution in [2.75, 3.05) is 13.1 Å². The standard InChI is InChI=1S/C4H8BrNO/c5-3-1-6-2-4(3)7/h3-4,6-7H,1-2H2. The third-order valence-electron chi connectivity index (χ3n) is 1.11. The molecule has 0 aromatic rings. The zero-order valence-electron chi connectivity index (χ0n) is 3.89.